The number of aromatic amines is 1. The third kappa shape index (κ3) is 5.19. The highest BCUT2D eigenvalue weighted by Crippen LogP contribution is 2.27. The summed E-state index contributed by atoms with van der Waals surface area (Å²) in [6.07, 6.45) is 1.20. The van der Waals surface area contributed by atoms with E-state index in [4.69, 9.17) is 9.40 Å². The molecule has 1 fully saturated rings. The molecule has 158 valence electrons. The van der Waals surface area contributed by atoms with Gasteiger partial charge in [-0.05, 0) is 51.8 Å². The number of nitrogens with zero attached hydrogens (tertiary/aromatic N) is 4. The van der Waals surface area contributed by atoms with E-state index >= 15 is 0 Å². The Hall–Kier alpha value is -1.45. The highest BCUT2D eigenvalue weighted by molar-refractivity contribution is 9.10. The maximum absolute atomic E-state index is 12.5. The van der Waals surface area contributed by atoms with Crippen molar-refractivity contribution in [1.82, 2.24) is 24.7 Å². The lowest BCUT2D eigenvalue weighted by molar-refractivity contribution is 0.122. The van der Waals surface area contributed by atoms with Gasteiger partial charge >= 0.3 is 0 Å². The van der Waals surface area contributed by atoms with E-state index in [0.29, 0.717) is 29.1 Å². The van der Waals surface area contributed by atoms with Gasteiger partial charge in [0.1, 0.15) is 16.9 Å². The van der Waals surface area contributed by atoms with E-state index in [1.807, 2.05) is 18.2 Å². The lowest BCUT2D eigenvalue weighted by Crippen LogP contribution is -2.46. The van der Waals surface area contributed by atoms with Crippen LogP contribution in [0.15, 0.2) is 31.9 Å². The average molecular weight is 485 g/mol. The Labute approximate surface area is 184 Å². The first kappa shape index (κ1) is 22.2. The van der Waals surface area contributed by atoms with Gasteiger partial charge in [-0.2, -0.15) is 0 Å². The molecule has 1 saturated heterocycles. The Kier molecular flexibility index (Phi) is 7.34. The molecule has 0 amide bonds. The van der Waals surface area contributed by atoms with E-state index in [1.165, 1.54) is 6.42 Å². The maximum atomic E-state index is 12.5. The lowest BCUT2D eigenvalue weighted by atomic mass is 10.2. The first-order valence-electron chi connectivity index (χ1n) is 9.70. The van der Waals surface area contributed by atoms with E-state index in [0.717, 1.165) is 49.1 Å². The van der Waals surface area contributed by atoms with Gasteiger partial charge in [0, 0.05) is 36.0 Å². The summed E-state index contributed by atoms with van der Waals surface area (Å²) < 4.78 is 6.64. The Morgan fingerprint density at radius 2 is 1.93 bits per heavy atom. The zero-order valence-electron chi connectivity index (χ0n) is 16.8. The van der Waals surface area contributed by atoms with E-state index in [-0.39, 0.29) is 18.0 Å². The summed E-state index contributed by atoms with van der Waals surface area (Å²) in [5.41, 5.74) is 1.40. The number of furan rings is 1. The fourth-order valence-corrected chi connectivity index (χ4v) is 4.10. The van der Waals surface area contributed by atoms with Crippen LogP contribution >= 0.6 is 28.3 Å². The van der Waals surface area contributed by atoms with Crippen molar-refractivity contribution in [2.24, 2.45) is 0 Å². The third-order valence-electron chi connectivity index (χ3n) is 5.25. The second-order valence-corrected chi connectivity index (χ2v) is 8.62. The van der Waals surface area contributed by atoms with E-state index < -0.39 is 0 Å². The molecule has 1 N–H and O–H groups in total. The Morgan fingerprint density at radius 1 is 1.21 bits per heavy atom. The van der Waals surface area contributed by atoms with Crippen molar-refractivity contribution in [2.75, 3.05) is 53.4 Å². The van der Waals surface area contributed by atoms with Crippen LogP contribution in [0.2, 0.25) is 0 Å². The molecular formula is C20H27BrClN5O2. The number of hydrogen-bond acceptors (Lipinski definition) is 6. The summed E-state index contributed by atoms with van der Waals surface area (Å²) in [4.78, 5) is 27.2. The summed E-state index contributed by atoms with van der Waals surface area (Å²) in [6, 6.07) is 5.71. The molecule has 9 heteroatoms. The molecule has 0 atom stereocenters. The first-order chi connectivity index (χ1) is 13.5. The summed E-state index contributed by atoms with van der Waals surface area (Å²) in [7, 11) is 4.23. The number of H-pyrrole nitrogens is 1. The molecule has 0 bridgehead atoms. The van der Waals surface area contributed by atoms with Crippen molar-refractivity contribution >= 4 is 50.4 Å². The molecule has 1 aliphatic heterocycles. The van der Waals surface area contributed by atoms with Crippen LogP contribution in [0.25, 0.3) is 22.1 Å². The van der Waals surface area contributed by atoms with Crippen molar-refractivity contribution in [1.29, 1.82) is 0 Å². The van der Waals surface area contributed by atoms with Gasteiger partial charge in [-0.15, -0.1) is 12.4 Å². The quantitative estimate of drug-likeness (QED) is 0.580. The van der Waals surface area contributed by atoms with Gasteiger partial charge in [-0.25, -0.2) is 4.98 Å². The van der Waals surface area contributed by atoms with Gasteiger partial charge in [0.25, 0.3) is 5.56 Å². The van der Waals surface area contributed by atoms with Crippen LogP contribution in [0, 0.1) is 0 Å². The SMILES string of the molecule is CN(C)CCCN1CCN(Cc2nc3c(oc4ccc(Br)cc43)c(=O)[nH]2)CC1.Cl. The summed E-state index contributed by atoms with van der Waals surface area (Å²) in [5.74, 6) is 0.696. The first-order valence-corrected chi connectivity index (χ1v) is 10.5. The largest absolute Gasteiger partial charge is 0.449 e. The predicted octanol–water partition coefficient (Wildman–Crippen LogP) is 2.92. The predicted molar refractivity (Wildman–Crippen MR) is 122 cm³/mol. The van der Waals surface area contributed by atoms with Crippen molar-refractivity contribution in [3.8, 4) is 0 Å². The zero-order valence-corrected chi connectivity index (χ0v) is 19.2. The monoisotopic (exact) mass is 483 g/mol. The Bertz CT molecular complexity index is 1030. The minimum absolute atomic E-state index is 0. The van der Waals surface area contributed by atoms with Gasteiger partial charge in [0.05, 0.1) is 6.54 Å². The highest BCUT2D eigenvalue weighted by Gasteiger charge is 2.19. The molecule has 3 aromatic rings. The van der Waals surface area contributed by atoms with Crippen LogP contribution in [0.3, 0.4) is 0 Å². The second kappa shape index (κ2) is 9.57. The van der Waals surface area contributed by atoms with Gasteiger partial charge in [0.15, 0.2) is 0 Å². The van der Waals surface area contributed by atoms with Crippen LogP contribution in [-0.2, 0) is 6.54 Å². The number of piperazine rings is 1. The molecule has 0 saturated carbocycles. The number of nitrogens with one attached hydrogen (secondary N) is 1. The highest BCUT2D eigenvalue weighted by atomic mass is 79.9. The van der Waals surface area contributed by atoms with Gasteiger partial charge in [-0.1, -0.05) is 15.9 Å². The number of hydrogen-bond donors (Lipinski definition) is 1. The summed E-state index contributed by atoms with van der Waals surface area (Å²) >= 11 is 3.48. The molecule has 0 radical (unpaired) electrons. The number of rotatable bonds is 6. The molecule has 2 aromatic heterocycles. The van der Waals surface area contributed by atoms with Gasteiger partial charge in [0.2, 0.25) is 5.58 Å². The Balaban J connectivity index is 0.00000240. The topological polar surface area (TPSA) is 68.6 Å². The van der Waals surface area contributed by atoms with Crippen molar-refractivity contribution in [3.05, 3.63) is 38.9 Å². The second-order valence-electron chi connectivity index (χ2n) is 7.71. The molecule has 1 aliphatic rings. The van der Waals surface area contributed by atoms with Gasteiger partial charge in [-0.3, -0.25) is 9.69 Å². The molecule has 3 heterocycles. The fourth-order valence-electron chi connectivity index (χ4n) is 3.74. The number of aromatic nitrogens is 2. The third-order valence-corrected chi connectivity index (χ3v) is 5.75. The lowest BCUT2D eigenvalue weighted by Gasteiger charge is -2.34. The maximum Gasteiger partial charge on any atom is 0.294 e. The number of benzene rings is 1. The molecule has 29 heavy (non-hydrogen) atoms. The van der Waals surface area contributed by atoms with E-state index in [2.05, 4.69) is 49.7 Å². The van der Waals surface area contributed by atoms with Crippen LogP contribution in [0.5, 0.6) is 0 Å². The Morgan fingerprint density at radius 3 is 2.66 bits per heavy atom. The molecule has 7 nitrogen and oxygen atoms in total. The van der Waals surface area contributed by atoms with Crippen molar-refractivity contribution in [3.63, 3.8) is 0 Å². The van der Waals surface area contributed by atoms with E-state index in [9.17, 15) is 4.79 Å². The van der Waals surface area contributed by atoms with Gasteiger partial charge < -0.3 is 19.2 Å². The molecule has 0 aliphatic carbocycles. The van der Waals surface area contributed by atoms with Crippen LogP contribution < -0.4 is 5.56 Å². The number of halogens is 2. The van der Waals surface area contributed by atoms with Crippen LogP contribution in [-0.4, -0.2) is 78.0 Å². The minimum atomic E-state index is -0.213. The van der Waals surface area contributed by atoms with Crippen molar-refractivity contribution in [2.45, 2.75) is 13.0 Å². The standard InChI is InChI=1S/C20H26BrN5O2.ClH/c1-24(2)6-3-7-25-8-10-26(11-9-25)13-17-22-18-15-12-14(21)4-5-16(15)28-19(18)20(27)23-17;/h4-5,12H,3,6-11,13H2,1-2H3,(H,22,23,27);1H. The van der Waals surface area contributed by atoms with E-state index in [1.54, 1.807) is 0 Å². The van der Waals surface area contributed by atoms with Crippen LogP contribution in [0.4, 0.5) is 0 Å². The van der Waals surface area contributed by atoms with Crippen molar-refractivity contribution < 1.29 is 4.42 Å². The molecule has 0 unspecified atom stereocenters. The normalized spacial score (nSPS) is 16.0. The molecule has 0 spiro atoms. The molecule has 1 aromatic carbocycles. The number of fused-ring (bicyclic) bond motifs is 3. The minimum Gasteiger partial charge on any atom is -0.449 e. The summed E-state index contributed by atoms with van der Waals surface area (Å²) in [6.45, 7) is 7.01. The van der Waals surface area contributed by atoms with Crippen LogP contribution in [0.1, 0.15) is 12.2 Å². The smallest absolute Gasteiger partial charge is 0.294 e. The molecular weight excluding hydrogens is 458 g/mol. The summed E-state index contributed by atoms with van der Waals surface area (Å²) in [5, 5.41) is 0.863. The fraction of sp³-hybridized carbons (Fsp3) is 0.500. The average Bonchev–Trinajstić information content (AvgIpc) is 3.01. The zero-order chi connectivity index (χ0) is 19.7. The molecule has 4 rings (SSSR count).